The first-order valence-corrected chi connectivity index (χ1v) is 26.1. The molecule has 0 saturated carbocycles. The quantitative estimate of drug-likeness (QED) is 0.0123. The van der Waals surface area contributed by atoms with Crippen molar-refractivity contribution in [2.45, 2.75) is 132 Å². The lowest BCUT2D eigenvalue weighted by atomic mass is 9.93. The third-order valence-electron chi connectivity index (χ3n) is 12.7. The first kappa shape index (κ1) is 63.1. The number of nitrogens with one attached hydrogen (secondary N) is 8. The monoisotopic (exact) mass is 1120 g/mol. The molecule has 1 aromatic heterocycles. The van der Waals surface area contributed by atoms with Gasteiger partial charge in [0.15, 0.2) is 5.96 Å². The topological polar surface area (TPSA) is 414 Å². The molecule has 19 N–H and O–H groups in total. The van der Waals surface area contributed by atoms with Gasteiger partial charge in [-0.25, -0.2) is 0 Å². The van der Waals surface area contributed by atoms with Crippen LogP contribution in [0.3, 0.4) is 0 Å². The van der Waals surface area contributed by atoms with Crippen molar-refractivity contribution in [3.8, 4) is 5.75 Å². The van der Waals surface area contributed by atoms with Gasteiger partial charge in [-0.3, -0.25) is 43.3 Å². The Balaban J connectivity index is 1.68. The third-order valence-corrected chi connectivity index (χ3v) is 13.3. The molecule has 4 aromatic rings. The van der Waals surface area contributed by atoms with E-state index < -0.39 is 118 Å². The van der Waals surface area contributed by atoms with Crippen molar-refractivity contribution < 1.29 is 53.7 Å². The van der Waals surface area contributed by atoms with Crippen LogP contribution in [0, 0.1) is 0 Å². The number of guanidine groups is 1. The zero-order valence-corrected chi connectivity index (χ0v) is 45.7. The number of thiol groups is 2. The summed E-state index contributed by atoms with van der Waals surface area (Å²) in [6.45, 7) is 7.06. The molecule has 0 aliphatic rings. The Kier molecular flexibility index (Phi) is 23.8. The molecule has 24 nitrogen and oxygen atoms in total. The van der Waals surface area contributed by atoms with E-state index >= 15 is 0 Å². The van der Waals surface area contributed by atoms with Crippen LogP contribution < -0.4 is 60.2 Å². The SMILES string of the molecule is C[C@@H](O)[C@H](NC(=O)[C@@H](NC(=O)[C@@H](NC(=O)[C@H](CCCN=C(N)N)NC(=O)[C@@H](Cc1c[nH]c2ccccc12)NC(=O)[C@H](Cc1ccc(O)cc1)NC(=O)[C@H](CS)NC(=O)[C@H](N)[C@@H](C)c1ccccc1)[C@@H](C)O)C(C)(C)S)C(N)=O. The number of hydrogen-bond acceptors (Lipinski definition) is 15. The summed E-state index contributed by atoms with van der Waals surface area (Å²) in [5, 5.41) is 49.6. The molecular weight excluding hydrogens is 1050 g/mol. The molecule has 1 heterocycles. The number of aliphatic imine (C=N–C) groups is 1. The van der Waals surface area contributed by atoms with Gasteiger partial charge in [-0.15, -0.1) is 0 Å². The molecule has 4 rings (SSSR count). The third kappa shape index (κ3) is 18.7. The van der Waals surface area contributed by atoms with E-state index in [0.29, 0.717) is 22.0 Å². The van der Waals surface area contributed by atoms with E-state index in [9.17, 15) is 53.7 Å². The molecule has 8 amide bonds. The minimum absolute atomic E-state index is 0.0191. The van der Waals surface area contributed by atoms with Gasteiger partial charge in [-0.05, 0) is 75.4 Å². The van der Waals surface area contributed by atoms with Crippen LogP contribution in [0.15, 0.2) is 90.1 Å². The first-order valence-electron chi connectivity index (χ1n) is 25.0. The number of fused-ring (bicyclic) bond motifs is 1. The largest absolute Gasteiger partial charge is 0.508 e. The average molecular weight is 1120 g/mol. The summed E-state index contributed by atoms with van der Waals surface area (Å²) in [5.41, 5.74) is 25.3. The Morgan fingerprint density at radius 1 is 0.641 bits per heavy atom. The van der Waals surface area contributed by atoms with E-state index in [4.69, 9.17) is 22.9 Å². The van der Waals surface area contributed by atoms with Crippen molar-refractivity contribution in [3.63, 3.8) is 0 Å². The zero-order valence-electron chi connectivity index (χ0n) is 43.9. The highest BCUT2D eigenvalue weighted by molar-refractivity contribution is 7.81. The fourth-order valence-electron chi connectivity index (χ4n) is 8.17. The van der Waals surface area contributed by atoms with Crippen molar-refractivity contribution in [2.75, 3.05) is 12.3 Å². The molecule has 26 heteroatoms. The second-order valence-corrected chi connectivity index (χ2v) is 21.0. The van der Waals surface area contributed by atoms with E-state index in [0.717, 1.165) is 5.56 Å². The molecule has 3 aromatic carbocycles. The van der Waals surface area contributed by atoms with Crippen molar-refractivity contribution in [2.24, 2.45) is 27.9 Å². The first-order chi connectivity index (χ1) is 36.7. The molecule has 0 fully saturated rings. The lowest BCUT2D eigenvalue weighted by Crippen LogP contribution is -2.64. The number of nitrogens with two attached hydrogens (primary N) is 4. The van der Waals surface area contributed by atoms with Gasteiger partial charge in [0.1, 0.15) is 48.0 Å². The van der Waals surface area contributed by atoms with Crippen molar-refractivity contribution in [3.05, 3.63) is 102 Å². The van der Waals surface area contributed by atoms with Gasteiger partial charge >= 0.3 is 0 Å². The average Bonchev–Trinajstić information content (AvgIpc) is 3.81. The Morgan fingerprint density at radius 3 is 1.73 bits per heavy atom. The fourth-order valence-corrected chi connectivity index (χ4v) is 8.61. The van der Waals surface area contributed by atoms with Crippen LogP contribution >= 0.6 is 25.3 Å². The number of aromatic amines is 1. The molecule has 78 heavy (non-hydrogen) atoms. The highest BCUT2D eigenvalue weighted by atomic mass is 32.1. The fraction of sp³-hybridized carbons (Fsp3) is 0.442. The van der Waals surface area contributed by atoms with Gasteiger partial charge in [0, 0.05) is 52.9 Å². The summed E-state index contributed by atoms with van der Waals surface area (Å²) >= 11 is 8.77. The number of aliphatic hydroxyl groups excluding tert-OH is 2. The Morgan fingerprint density at radius 2 is 1.17 bits per heavy atom. The number of H-pyrrole nitrogens is 1. The number of primary amides is 1. The van der Waals surface area contributed by atoms with Gasteiger partial charge in [0.05, 0.1) is 18.2 Å². The molecule has 0 aliphatic heterocycles. The summed E-state index contributed by atoms with van der Waals surface area (Å²) in [5.74, 6) is -8.40. The normalized spacial score (nSPS) is 15.7. The second kappa shape index (κ2) is 29.4. The molecule has 424 valence electrons. The summed E-state index contributed by atoms with van der Waals surface area (Å²) in [6.07, 6.45) is -1.90. The highest BCUT2D eigenvalue weighted by Gasteiger charge is 2.40. The number of aromatic nitrogens is 1. The molecule has 0 radical (unpaired) electrons. The molecule has 0 saturated heterocycles. The highest BCUT2D eigenvalue weighted by Crippen LogP contribution is 2.22. The number of carbonyl (C=O) groups excluding carboxylic acids is 8. The van der Waals surface area contributed by atoms with E-state index in [1.165, 1.54) is 52.0 Å². The van der Waals surface area contributed by atoms with E-state index in [-0.39, 0.29) is 49.7 Å². The standard InChI is InChI=1S/C52H73N13O11S2/c1-26(30-12-7-6-8-13-30)39(53)48(74)62-38(25-77)47(73)60-36(22-29-17-19-32(68)20-18-29)45(71)61-37(23-31-24-58-34-15-10-9-14-33(31)34)46(72)59-35(16-11-21-57-51(55)56)44(70)64-41(28(3)67)49(75)65-42(52(4,5)78)50(76)63-40(27(2)66)43(54)69/h6-10,12-15,17-20,24,26-28,35-42,58,66-68,77-78H,11,16,21-23,25,53H2,1-5H3,(H2,54,69)(H,59,72)(H,60,73)(H,61,71)(H,62,74)(H,63,76)(H,64,70)(H,65,75)(H4,55,56,57)/t26-,27+,28+,35-,36-,37+,38-,39+,40-,41-,42+/m0/s1. The number of aliphatic hydroxyl groups is 2. The Labute approximate surface area is 462 Å². The van der Waals surface area contributed by atoms with Crippen molar-refractivity contribution >= 4 is 89.4 Å². The molecule has 0 spiro atoms. The number of hydrogen-bond donors (Lipinski definition) is 17. The van der Waals surface area contributed by atoms with Gasteiger partial charge in [0.2, 0.25) is 47.3 Å². The number of nitrogens with zero attached hydrogens (tertiary/aromatic N) is 1. The predicted octanol–water partition coefficient (Wildman–Crippen LogP) is -1.88. The summed E-state index contributed by atoms with van der Waals surface area (Å²) < 4.78 is -1.36. The summed E-state index contributed by atoms with van der Waals surface area (Å²) in [4.78, 5) is 118. The predicted molar refractivity (Wildman–Crippen MR) is 300 cm³/mol. The van der Waals surface area contributed by atoms with Crippen LogP contribution in [0.4, 0.5) is 0 Å². The van der Waals surface area contributed by atoms with Crippen LogP contribution in [0.2, 0.25) is 0 Å². The van der Waals surface area contributed by atoms with Gasteiger partial charge < -0.3 is 80.5 Å². The van der Waals surface area contributed by atoms with Crippen LogP contribution in [-0.2, 0) is 51.2 Å². The van der Waals surface area contributed by atoms with Crippen molar-refractivity contribution in [1.29, 1.82) is 0 Å². The zero-order chi connectivity index (χ0) is 58.0. The second-order valence-electron chi connectivity index (χ2n) is 19.5. The molecule has 0 bridgehead atoms. The van der Waals surface area contributed by atoms with Crippen LogP contribution in [0.1, 0.15) is 70.1 Å². The Hall–Kier alpha value is -7.39. The molecule has 11 atom stereocenters. The maximum absolute atomic E-state index is 14.8. The number of carbonyl (C=O) groups is 8. The van der Waals surface area contributed by atoms with E-state index in [1.807, 2.05) is 18.2 Å². The summed E-state index contributed by atoms with van der Waals surface area (Å²) in [7, 11) is 0. The lowest BCUT2D eigenvalue weighted by molar-refractivity contribution is -0.137. The molecule has 0 unspecified atom stereocenters. The maximum atomic E-state index is 14.8. The number of para-hydroxylation sites is 1. The van der Waals surface area contributed by atoms with Gasteiger partial charge in [-0.2, -0.15) is 25.3 Å². The van der Waals surface area contributed by atoms with Crippen LogP contribution in [-0.4, -0.2) is 151 Å². The minimum atomic E-state index is -1.79. The number of aromatic hydroxyl groups is 1. The Bertz CT molecular complexity index is 2740. The molecule has 0 aliphatic carbocycles. The van der Waals surface area contributed by atoms with Gasteiger partial charge in [-0.1, -0.05) is 67.6 Å². The molecular formula is C52H73N13O11S2. The van der Waals surface area contributed by atoms with Crippen molar-refractivity contribution in [1.82, 2.24) is 42.2 Å². The number of amides is 8. The van der Waals surface area contributed by atoms with E-state index in [2.05, 4.69) is 72.5 Å². The van der Waals surface area contributed by atoms with Gasteiger partial charge in [0.25, 0.3) is 0 Å². The smallest absolute Gasteiger partial charge is 0.245 e. The lowest BCUT2D eigenvalue weighted by Gasteiger charge is -2.33. The number of benzene rings is 3. The number of rotatable bonds is 29. The van der Waals surface area contributed by atoms with E-state index in [1.54, 1.807) is 49.5 Å². The van der Waals surface area contributed by atoms with Crippen LogP contribution in [0.25, 0.3) is 10.9 Å². The number of phenolic OH excluding ortho intramolecular Hbond substituents is 1. The summed E-state index contributed by atoms with van der Waals surface area (Å²) in [6, 6.07) is 10.3. The maximum Gasteiger partial charge on any atom is 0.245 e. The van der Waals surface area contributed by atoms with Crippen LogP contribution in [0.5, 0.6) is 5.75 Å². The number of phenols is 1. The minimum Gasteiger partial charge on any atom is -0.508 e.